The van der Waals surface area contributed by atoms with Crippen LogP contribution in [0, 0.1) is 11.8 Å². The number of aromatic amines is 1. The van der Waals surface area contributed by atoms with E-state index in [4.69, 9.17) is 5.73 Å². The maximum atomic E-state index is 14.6. The molecule has 13 N–H and O–H groups in total. The summed E-state index contributed by atoms with van der Waals surface area (Å²) in [6.07, 6.45) is -3.85. The first-order valence-corrected chi connectivity index (χ1v) is 21.7. The molecule has 0 radical (unpaired) electrons. The second kappa shape index (κ2) is 20.4. The van der Waals surface area contributed by atoms with Crippen LogP contribution in [0.5, 0.6) is 5.75 Å². The number of fused-ring (bicyclic) bond motifs is 5. The minimum Gasteiger partial charge on any atom is -0.508 e. The summed E-state index contributed by atoms with van der Waals surface area (Å²) in [7, 11) is -2.35. The molecule has 63 heavy (non-hydrogen) atoms. The minimum absolute atomic E-state index is 0.117. The SMILES string of the molecule is CC[C@H](C)[C@@H]1NC(=O)CNC(=O)[C@@H]2Cc3c([nH]c4cc(O)ccc34)[S@](=O)C[C@H](NC(=O)CNC1=O)C(=O)N[C@@H](CC(N)=O)C(=O)N1C[C@@H](O)C[C@H]1C(=O)N[C@@H]([C@@H](C)[C@H](C)O)C(=O)N2. The molecule has 1 saturated heterocycles. The van der Waals surface area contributed by atoms with Crippen molar-refractivity contribution in [1.82, 2.24) is 47.1 Å². The summed E-state index contributed by atoms with van der Waals surface area (Å²) in [6.45, 7) is 4.23. The highest BCUT2D eigenvalue weighted by Gasteiger charge is 2.45. The van der Waals surface area contributed by atoms with Crippen molar-refractivity contribution in [3.05, 3.63) is 23.8 Å². The summed E-state index contributed by atoms with van der Waals surface area (Å²) >= 11 is 0. The molecule has 0 saturated carbocycles. The number of nitrogens with one attached hydrogen (secondary N) is 8. The van der Waals surface area contributed by atoms with Crippen LogP contribution in [-0.2, 0) is 60.4 Å². The van der Waals surface area contributed by atoms with Crippen LogP contribution in [0.2, 0.25) is 0 Å². The van der Waals surface area contributed by atoms with E-state index >= 15 is 0 Å². The van der Waals surface area contributed by atoms with Crippen molar-refractivity contribution in [2.75, 3.05) is 25.4 Å². The van der Waals surface area contributed by atoms with Gasteiger partial charge in [-0.05, 0) is 30.5 Å². The molecular formula is C39H54N10O13S. The van der Waals surface area contributed by atoms with Gasteiger partial charge in [0.2, 0.25) is 53.2 Å². The lowest BCUT2D eigenvalue weighted by atomic mass is 9.94. The van der Waals surface area contributed by atoms with E-state index in [1.54, 1.807) is 13.8 Å². The predicted octanol–water partition coefficient (Wildman–Crippen LogP) is -4.89. The van der Waals surface area contributed by atoms with Crippen molar-refractivity contribution in [2.24, 2.45) is 17.6 Å². The highest BCUT2D eigenvalue weighted by molar-refractivity contribution is 7.85. The van der Waals surface area contributed by atoms with E-state index in [9.17, 15) is 62.7 Å². The van der Waals surface area contributed by atoms with Gasteiger partial charge < -0.3 is 68.2 Å². The van der Waals surface area contributed by atoms with E-state index in [0.29, 0.717) is 11.8 Å². The quantitative estimate of drug-likeness (QED) is 0.130. The van der Waals surface area contributed by atoms with Crippen LogP contribution in [-0.4, -0.2) is 156 Å². The van der Waals surface area contributed by atoms with Crippen LogP contribution in [0.3, 0.4) is 0 Å². The number of aromatic hydroxyl groups is 1. The molecule has 2 bridgehead atoms. The first-order chi connectivity index (χ1) is 29.7. The predicted molar refractivity (Wildman–Crippen MR) is 221 cm³/mol. The third-order valence-electron chi connectivity index (χ3n) is 11.5. The Labute approximate surface area is 363 Å². The number of hydrogen-bond acceptors (Lipinski definition) is 13. The van der Waals surface area contributed by atoms with Gasteiger partial charge in [0.15, 0.2) is 0 Å². The fourth-order valence-electron chi connectivity index (χ4n) is 7.59. The molecule has 23 nitrogen and oxygen atoms in total. The molecule has 4 heterocycles. The highest BCUT2D eigenvalue weighted by Crippen LogP contribution is 2.30. The molecule has 3 aliphatic rings. The molecule has 0 spiro atoms. The molecular weight excluding hydrogens is 849 g/mol. The number of nitrogens with zero attached hydrogens (tertiary/aromatic N) is 1. The van der Waals surface area contributed by atoms with Crippen molar-refractivity contribution >= 4 is 74.9 Å². The van der Waals surface area contributed by atoms with Gasteiger partial charge in [0.25, 0.3) is 0 Å². The van der Waals surface area contributed by atoms with Crippen LogP contribution in [0.25, 0.3) is 10.9 Å². The number of H-pyrrole nitrogens is 1. The maximum absolute atomic E-state index is 14.6. The molecule has 9 amide bonds. The zero-order valence-corrected chi connectivity index (χ0v) is 35.8. The number of aromatic nitrogens is 1. The highest BCUT2D eigenvalue weighted by atomic mass is 32.2. The Hall–Kier alpha value is -6.14. The third-order valence-corrected chi connectivity index (χ3v) is 12.9. The van der Waals surface area contributed by atoms with Gasteiger partial charge in [-0.15, -0.1) is 0 Å². The molecule has 0 aliphatic carbocycles. The molecule has 2 aromatic rings. The number of rotatable bonds is 6. The maximum Gasteiger partial charge on any atom is 0.246 e. The summed E-state index contributed by atoms with van der Waals surface area (Å²) in [6, 6.07) is -5.57. The topological polar surface area (TPSA) is 361 Å². The van der Waals surface area contributed by atoms with Crippen molar-refractivity contribution in [1.29, 1.82) is 0 Å². The van der Waals surface area contributed by atoms with Crippen molar-refractivity contribution in [3.8, 4) is 5.75 Å². The van der Waals surface area contributed by atoms with Crippen molar-refractivity contribution < 1.29 is 62.7 Å². The van der Waals surface area contributed by atoms with E-state index in [2.05, 4.69) is 42.2 Å². The molecule has 5 rings (SSSR count). The number of amides is 9. The van der Waals surface area contributed by atoms with Gasteiger partial charge in [-0.1, -0.05) is 27.2 Å². The number of hydrogen-bond donors (Lipinski definition) is 12. The third kappa shape index (κ3) is 11.5. The zero-order chi connectivity index (χ0) is 46.4. The Balaban J connectivity index is 1.73. The summed E-state index contributed by atoms with van der Waals surface area (Å²) in [5.74, 6) is -11.4. The largest absolute Gasteiger partial charge is 0.508 e. The lowest BCUT2D eigenvalue weighted by Gasteiger charge is -2.32. The average Bonchev–Trinajstić information content (AvgIpc) is 3.80. The molecule has 344 valence electrons. The zero-order valence-electron chi connectivity index (χ0n) is 35.0. The van der Waals surface area contributed by atoms with E-state index in [-0.39, 0.29) is 28.3 Å². The lowest BCUT2D eigenvalue weighted by molar-refractivity contribution is -0.144. The first kappa shape index (κ1) is 47.9. The van der Waals surface area contributed by atoms with E-state index in [1.807, 2.05) is 0 Å². The minimum atomic E-state index is -2.35. The summed E-state index contributed by atoms with van der Waals surface area (Å²) in [5.41, 5.74) is 5.80. The molecule has 3 aliphatic heterocycles. The molecule has 0 unspecified atom stereocenters. The number of carbonyl (C=O) groups is 9. The number of phenols is 1. The fraction of sp³-hybridized carbons (Fsp3) is 0.564. The van der Waals surface area contributed by atoms with Crippen LogP contribution in [0.4, 0.5) is 0 Å². The Bertz CT molecular complexity index is 2180. The standard InChI is InChI=1S/C39H54N10O13S/c1-5-16(2)31-36(59)42-12-29(54)43-26-15-63(62)38-22(21-7-6-19(51)8-23(21)46-38)10-24(33(56)41-13-30(55)47-31)44-37(60)32(17(3)18(4)50)48-35(58)27-9-20(52)14-49(27)39(61)25(11-28(40)53)45-34(26)57/h6-8,16-18,20,24-27,31-32,46,50-52H,5,9-15H2,1-4H3,(H2,40,53)(H,41,56)(H,42,59)(H,43,54)(H,44,60)(H,45,57)(H,47,55)(H,48,58)/t16-,17-,18-,20-,24-,25-,26-,27-,31-,32-,63+/m0/s1. The van der Waals surface area contributed by atoms with Crippen LogP contribution >= 0.6 is 0 Å². The average molecular weight is 903 g/mol. The summed E-state index contributed by atoms with van der Waals surface area (Å²) < 4.78 is 14.6. The molecule has 1 aromatic carbocycles. The monoisotopic (exact) mass is 902 g/mol. The number of primary amides is 1. The van der Waals surface area contributed by atoms with Gasteiger partial charge in [0.05, 0.1) is 53.8 Å². The Morgan fingerprint density at radius 2 is 1.52 bits per heavy atom. The van der Waals surface area contributed by atoms with Gasteiger partial charge >= 0.3 is 0 Å². The van der Waals surface area contributed by atoms with Gasteiger partial charge in [-0.2, -0.15) is 0 Å². The number of carbonyl (C=O) groups excluding carboxylic acids is 9. The molecule has 1 fully saturated rings. The Morgan fingerprint density at radius 1 is 0.857 bits per heavy atom. The fourth-order valence-corrected chi connectivity index (χ4v) is 8.99. The Morgan fingerprint density at radius 3 is 2.17 bits per heavy atom. The summed E-state index contributed by atoms with van der Waals surface area (Å²) in [4.78, 5) is 127. The van der Waals surface area contributed by atoms with Crippen LogP contribution in [0.1, 0.15) is 52.5 Å². The number of nitrogens with two attached hydrogens (primary N) is 1. The van der Waals surface area contributed by atoms with Gasteiger partial charge in [0.1, 0.15) is 47.0 Å². The smallest absolute Gasteiger partial charge is 0.246 e. The number of benzene rings is 1. The molecule has 1 aromatic heterocycles. The van der Waals surface area contributed by atoms with Gasteiger partial charge in [-0.3, -0.25) is 47.4 Å². The number of phenolic OH excluding ortho intramolecular Hbond substituents is 1. The number of aliphatic hydroxyl groups is 2. The van der Waals surface area contributed by atoms with Gasteiger partial charge in [-0.25, -0.2) is 0 Å². The first-order valence-electron chi connectivity index (χ1n) is 20.4. The van der Waals surface area contributed by atoms with Gasteiger partial charge in [0, 0.05) is 36.8 Å². The van der Waals surface area contributed by atoms with Crippen molar-refractivity contribution in [2.45, 2.75) is 107 Å². The second-order valence-corrected chi connectivity index (χ2v) is 17.6. The Kier molecular flexibility index (Phi) is 15.5. The van der Waals surface area contributed by atoms with E-state index in [0.717, 1.165) is 4.90 Å². The molecule has 11 atom stereocenters. The molecule has 24 heteroatoms. The lowest BCUT2D eigenvalue weighted by Crippen LogP contribution is -2.62. The van der Waals surface area contributed by atoms with Crippen molar-refractivity contribution in [3.63, 3.8) is 0 Å². The van der Waals surface area contributed by atoms with E-state index < -0.39 is 162 Å². The second-order valence-electron chi connectivity index (χ2n) is 16.1. The number of aliphatic hydroxyl groups excluding tert-OH is 2. The van der Waals surface area contributed by atoms with Crippen LogP contribution < -0.4 is 43.0 Å². The van der Waals surface area contributed by atoms with E-state index in [1.165, 1.54) is 32.0 Å². The normalized spacial score (nSPS) is 28.8. The van der Waals surface area contributed by atoms with Crippen LogP contribution in [0.15, 0.2) is 23.2 Å². The summed E-state index contributed by atoms with van der Waals surface area (Å²) in [5, 5.41) is 49.1.